The molecule has 1 aliphatic rings. The van der Waals surface area contributed by atoms with Gasteiger partial charge in [0.2, 0.25) is 0 Å². The highest BCUT2D eigenvalue weighted by atomic mass is 16.5. The minimum atomic E-state index is -0.546. The van der Waals surface area contributed by atoms with Crippen LogP contribution < -0.4 is 5.73 Å². The van der Waals surface area contributed by atoms with Gasteiger partial charge in [-0.1, -0.05) is 6.92 Å². The minimum absolute atomic E-state index is 0.261. The molecule has 0 amide bonds. The number of ether oxygens (including phenoxy) is 1. The third kappa shape index (κ3) is 2.55. The van der Waals surface area contributed by atoms with Crippen LogP contribution in [-0.2, 0) is 9.53 Å². The summed E-state index contributed by atoms with van der Waals surface area (Å²) < 4.78 is 5.02. The van der Waals surface area contributed by atoms with Gasteiger partial charge in [0.25, 0.3) is 0 Å². The SMILES string of the molecule is CCOC(=O)C(N)C(C)(CC)N1CCCC1. The van der Waals surface area contributed by atoms with Crippen molar-refractivity contribution in [2.75, 3.05) is 19.7 Å². The number of carbonyl (C=O) groups is 1. The monoisotopic (exact) mass is 228 g/mol. The van der Waals surface area contributed by atoms with Gasteiger partial charge in [-0.05, 0) is 46.2 Å². The number of rotatable bonds is 5. The number of nitrogens with zero attached hydrogens (tertiary/aromatic N) is 1. The molecule has 1 fully saturated rings. The van der Waals surface area contributed by atoms with E-state index in [0.29, 0.717) is 6.61 Å². The highest BCUT2D eigenvalue weighted by Crippen LogP contribution is 2.27. The molecule has 1 rings (SSSR count). The third-order valence-corrected chi connectivity index (χ3v) is 3.75. The molecule has 0 radical (unpaired) electrons. The molecule has 0 aromatic carbocycles. The summed E-state index contributed by atoms with van der Waals surface area (Å²) in [5.74, 6) is -0.279. The van der Waals surface area contributed by atoms with Crippen molar-refractivity contribution in [3.63, 3.8) is 0 Å². The first-order valence-corrected chi connectivity index (χ1v) is 6.23. The van der Waals surface area contributed by atoms with Crippen LogP contribution in [0.1, 0.15) is 40.0 Å². The lowest BCUT2D eigenvalue weighted by atomic mass is 9.88. The average Bonchev–Trinajstić information content (AvgIpc) is 2.81. The van der Waals surface area contributed by atoms with E-state index >= 15 is 0 Å². The largest absolute Gasteiger partial charge is 0.465 e. The summed E-state index contributed by atoms with van der Waals surface area (Å²) in [7, 11) is 0. The number of hydrogen-bond donors (Lipinski definition) is 1. The Kier molecular flexibility index (Phi) is 4.74. The van der Waals surface area contributed by atoms with Crippen LogP contribution in [0.4, 0.5) is 0 Å². The predicted molar refractivity (Wildman–Crippen MR) is 64.1 cm³/mol. The van der Waals surface area contributed by atoms with Crippen LogP contribution >= 0.6 is 0 Å². The van der Waals surface area contributed by atoms with Gasteiger partial charge in [0.15, 0.2) is 0 Å². The summed E-state index contributed by atoms with van der Waals surface area (Å²) in [6.45, 7) is 8.43. The van der Waals surface area contributed by atoms with Crippen molar-refractivity contribution in [1.82, 2.24) is 4.90 Å². The number of nitrogens with two attached hydrogens (primary N) is 1. The zero-order valence-corrected chi connectivity index (χ0v) is 10.7. The maximum absolute atomic E-state index is 11.7. The highest BCUT2D eigenvalue weighted by Gasteiger charge is 2.41. The summed E-state index contributed by atoms with van der Waals surface area (Å²) in [4.78, 5) is 14.1. The van der Waals surface area contributed by atoms with Gasteiger partial charge < -0.3 is 10.5 Å². The number of hydrogen-bond acceptors (Lipinski definition) is 4. The maximum atomic E-state index is 11.7. The molecule has 0 aromatic rings. The Morgan fingerprint density at radius 1 is 1.44 bits per heavy atom. The van der Waals surface area contributed by atoms with Crippen molar-refractivity contribution in [3.8, 4) is 0 Å². The molecule has 2 atom stereocenters. The molecule has 1 heterocycles. The lowest BCUT2D eigenvalue weighted by molar-refractivity contribution is -0.148. The van der Waals surface area contributed by atoms with Crippen LogP contribution in [-0.4, -0.2) is 42.1 Å². The lowest BCUT2D eigenvalue weighted by Crippen LogP contribution is -2.60. The van der Waals surface area contributed by atoms with Crippen molar-refractivity contribution >= 4 is 5.97 Å². The molecule has 16 heavy (non-hydrogen) atoms. The van der Waals surface area contributed by atoms with Crippen molar-refractivity contribution in [1.29, 1.82) is 0 Å². The second-order valence-corrected chi connectivity index (χ2v) is 4.63. The van der Waals surface area contributed by atoms with E-state index in [4.69, 9.17) is 10.5 Å². The predicted octanol–water partition coefficient (Wildman–Crippen LogP) is 1.14. The van der Waals surface area contributed by atoms with E-state index in [1.54, 1.807) is 0 Å². The van der Waals surface area contributed by atoms with Crippen LogP contribution in [0.15, 0.2) is 0 Å². The molecule has 1 aliphatic heterocycles. The van der Waals surface area contributed by atoms with E-state index in [9.17, 15) is 4.79 Å². The molecule has 2 N–H and O–H groups in total. The topological polar surface area (TPSA) is 55.6 Å². The fraction of sp³-hybridized carbons (Fsp3) is 0.917. The van der Waals surface area contributed by atoms with Crippen LogP contribution in [0.3, 0.4) is 0 Å². The lowest BCUT2D eigenvalue weighted by Gasteiger charge is -2.41. The van der Waals surface area contributed by atoms with Gasteiger partial charge in [0.05, 0.1) is 6.61 Å². The molecule has 0 saturated carbocycles. The van der Waals surface area contributed by atoms with Crippen molar-refractivity contribution < 1.29 is 9.53 Å². The molecule has 1 saturated heterocycles. The van der Waals surface area contributed by atoms with Gasteiger partial charge in [-0.25, -0.2) is 0 Å². The highest BCUT2D eigenvalue weighted by molar-refractivity contribution is 5.77. The van der Waals surface area contributed by atoms with Crippen LogP contribution in [0.2, 0.25) is 0 Å². The van der Waals surface area contributed by atoms with E-state index in [-0.39, 0.29) is 11.5 Å². The third-order valence-electron chi connectivity index (χ3n) is 3.75. The Labute approximate surface area is 98.1 Å². The van der Waals surface area contributed by atoms with Gasteiger partial charge in [-0.2, -0.15) is 0 Å². The zero-order chi connectivity index (χ0) is 12.2. The quantitative estimate of drug-likeness (QED) is 0.717. The summed E-state index contributed by atoms with van der Waals surface area (Å²) >= 11 is 0. The number of esters is 1. The van der Waals surface area contributed by atoms with Crippen molar-refractivity contribution in [2.24, 2.45) is 5.73 Å². The zero-order valence-electron chi connectivity index (χ0n) is 10.7. The van der Waals surface area contributed by atoms with E-state index in [1.165, 1.54) is 12.8 Å². The van der Waals surface area contributed by atoms with E-state index in [2.05, 4.69) is 18.7 Å². The van der Waals surface area contributed by atoms with Crippen LogP contribution in [0, 0.1) is 0 Å². The Morgan fingerprint density at radius 3 is 2.44 bits per heavy atom. The van der Waals surface area contributed by atoms with Gasteiger partial charge >= 0.3 is 5.97 Å². The van der Waals surface area contributed by atoms with Crippen LogP contribution in [0.25, 0.3) is 0 Å². The first-order valence-electron chi connectivity index (χ1n) is 6.23. The van der Waals surface area contributed by atoms with Crippen molar-refractivity contribution in [2.45, 2.75) is 51.6 Å². The Bertz CT molecular complexity index is 239. The molecule has 4 nitrogen and oxygen atoms in total. The van der Waals surface area contributed by atoms with Gasteiger partial charge in [-0.15, -0.1) is 0 Å². The average molecular weight is 228 g/mol. The molecule has 0 aliphatic carbocycles. The molecule has 4 heteroatoms. The van der Waals surface area contributed by atoms with Gasteiger partial charge in [0, 0.05) is 5.54 Å². The number of likely N-dealkylation sites (tertiary alicyclic amines) is 1. The molecule has 94 valence electrons. The first kappa shape index (κ1) is 13.5. The minimum Gasteiger partial charge on any atom is -0.465 e. The van der Waals surface area contributed by atoms with E-state index in [0.717, 1.165) is 19.5 Å². The normalized spacial score (nSPS) is 22.8. The van der Waals surface area contributed by atoms with Gasteiger partial charge in [-0.3, -0.25) is 9.69 Å². The first-order chi connectivity index (χ1) is 7.56. The fourth-order valence-corrected chi connectivity index (χ4v) is 2.35. The summed E-state index contributed by atoms with van der Waals surface area (Å²) in [5.41, 5.74) is 5.79. The Hall–Kier alpha value is -0.610. The summed E-state index contributed by atoms with van der Waals surface area (Å²) in [6, 6.07) is -0.546. The molecular weight excluding hydrogens is 204 g/mol. The molecule has 0 aromatic heterocycles. The summed E-state index contributed by atoms with van der Waals surface area (Å²) in [6.07, 6.45) is 3.27. The second-order valence-electron chi connectivity index (χ2n) is 4.63. The summed E-state index contributed by atoms with van der Waals surface area (Å²) in [5, 5.41) is 0. The molecule has 2 unspecified atom stereocenters. The Morgan fingerprint density at radius 2 is 2.00 bits per heavy atom. The molecular formula is C12H24N2O2. The van der Waals surface area contributed by atoms with E-state index < -0.39 is 6.04 Å². The molecule has 0 bridgehead atoms. The fourth-order valence-electron chi connectivity index (χ4n) is 2.35. The molecule has 0 spiro atoms. The van der Waals surface area contributed by atoms with Crippen molar-refractivity contribution in [3.05, 3.63) is 0 Å². The second kappa shape index (κ2) is 5.64. The Balaban J connectivity index is 2.73. The smallest absolute Gasteiger partial charge is 0.324 e. The standard InChI is InChI=1S/C12H24N2O2/c1-4-12(3,14-8-6-7-9-14)10(13)11(15)16-5-2/h10H,4-9,13H2,1-3H3. The number of carbonyl (C=O) groups excluding carboxylic acids is 1. The van der Waals surface area contributed by atoms with Gasteiger partial charge in [0.1, 0.15) is 6.04 Å². The van der Waals surface area contributed by atoms with E-state index in [1.807, 2.05) is 6.92 Å². The maximum Gasteiger partial charge on any atom is 0.324 e. The van der Waals surface area contributed by atoms with Crippen LogP contribution in [0.5, 0.6) is 0 Å².